The number of ether oxygens (including phenoxy) is 3. The number of sulfonamides is 1. The van der Waals surface area contributed by atoms with Crippen LogP contribution in [0.4, 0.5) is 10.8 Å². The average molecular weight is 615 g/mol. The first-order valence-corrected chi connectivity index (χ1v) is 15.8. The van der Waals surface area contributed by atoms with Crippen molar-refractivity contribution in [2.24, 2.45) is 11.8 Å². The Hall–Kier alpha value is -3.49. The summed E-state index contributed by atoms with van der Waals surface area (Å²) < 4.78 is 50.7. The maximum atomic E-state index is 13.8. The van der Waals surface area contributed by atoms with Crippen molar-refractivity contribution in [1.29, 1.82) is 0 Å². The molecule has 2 aliphatic rings. The summed E-state index contributed by atoms with van der Waals surface area (Å²) in [6.45, 7) is 4.49. The van der Waals surface area contributed by atoms with Gasteiger partial charge in [0.05, 0.1) is 36.2 Å². The molecule has 5 atom stereocenters. The number of anilines is 1. The van der Waals surface area contributed by atoms with Crippen LogP contribution in [0.15, 0.2) is 70.2 Å². The van der Waals surface area contributed by atoms with Gasteiger partial charge in [-0.1, -0.05) is 56.3 Å². The second-order valence-corrected chi connectivity index (χ2v) is 13.2. The van der Waals surface area contributed by atoms with Crippen molar-refractivity contribution in [1.82, 2.24) is 14.6 Å². The Bertz CT molecular complexity index is 1460. The normalized spacial score (nSPS) is 21.6. The first-order chi connectivity index (χ1) is 20.6. The van der Waals surface area contributed by atoms with E-state index in [1.165, 1.54) is 22.7 Å². The van der Waals surface area contributed by atoms with E-state index in [9.17, 15) is 18.3 Å². The molecule has 2 fully saturated rings. The SMILES string of the molecule is CC(C)CN(C[C@@H](O)[C@H](Cc1ccccc1)NC(=O)O[C@H]1CO[C@H]2OCC[C@H]21)S(=O)(=O)c1ccc(-c2coc(N)n2)cc1. The largest absolute Gasteiger partial charge is 0.443 e. The van der Waals surface area contributed by atoms with E-state index in [0.29, 0.717) is 17.9 Å². The Morgan fingerprint density at radius 1 is 1.14 bits per heavy atom. The van der Waals surface area contributed by atoms with E-state index in [0.717, 1.165) is 12.0 Å². The number of aliphatic hydroxyl groups excluding tert-OH is 1. The number of nitrogens with two attached hydrogens (primary N) is 1. The van der Waals surface area contributed by atoms with Crippen molar-refractivity contribution in [2.45, 2.75) is 56.1 Å². The number of alkyl carbamates (subject to hydrolysis) is 1. The zero-order valence-corrected chi connectivity index (χ0v) is 25.0. The minimum absolute atomic E-state index is 0.0136. The van der Waals surface area contributed by atoms with Crippen LogP contribution in [0.1, 0.15) is 25.8 Å². The molecule has 1 aromatic heterocycles. The van der Waals surface area contributed by atoms with Crippen LogP contribution < -0.4 is 11.1 Å². The van der Waals surface area contributed by atoms with Gasteiger partial charge in [-0.3, -0.25) is 0 Å². The lowest BCUT2D eigenvalue weighted by Gasteiger charge is -2.31. The number of aromatic nitrogens is 1. The quantitative estimate of drug-likeness (QED) is 0.276. The lowest BCUT2D eigenvalue weighted by atomic mass is 10.0. The van der Waals surface area contributed by atoms with Gasteiger partial charge >= 0.3 is 6.09 Å². The summed E-state index contributed by atoms with van der Waals surface area (Å²) in [5.74, 6) is -0.0725. The minimum atomic E-state index is -4.02. The topological polar surface area (TPSA) is 166 Å². The number of nitrogen functional groups attached to an aromatic ring is 1. The maximum Gasteiger partial charge on any atom is 0.407 e. The fourth-order valence-electron chi connectivity index (χ4n) is 5.40. The van der Waals surface area contributed by atoms with Gasteiger partial charge in [0, 0.05) is 18.7 Å². The van der Waals surface area contributed by atoms with Crippen LogP contribution in [0, 0.1) is 11.8 Å². The fraction of sp³-hybridized carbons (Fsp3) is 0.467. The molecule has 13 heteroatoms. The highest BCUT2D eigenvalue weighted by atomic mass is 32.2. The molecule has 2 aromatic carbocycles. The van der Waals surface area contributed by atoms with Crippen molar-refractivity contribution < 1.29 is 36.9 Å². The molecule has 0 radical (unpaired) electrons. The molecular formula is C30H38N4O8S. The van der Waals surface area contributed by atoms with Crippen LogP contribution in [-0.2, 0) is 30.7 Å². The molecule has 43 heavy (non-hydrogen) atoms. The first kappa shape index (κ1) is 31.0. The molecule has 232 valence electrons. The summed E-state index contributed by atoms with van der Waals surface area (Å²) in [5, 5.41) is 14.3. The van der Waals surface area contributed by atoms with Crippen LogP contribution in [-0.4, -0.2) is 79.7 Å². The number of rotatable bonds is 12. The fourth-order valence-corrected chi connectivity index (χ4v) is 7.02. The number of nitrogens with one attached hydrogen (secondary N) is 1. The second kappa shape index (κ2) is 13.4. The molecule has 0 unspecified atom stereocenters. The molecule has 1 amide bonds. The number of fused-ring (bicyclic) bond motifs is 1. The van der Waals surface area contributed by atoms with Crippen LogP contribution in [0.5, 0.6) is 0 Å². The second-order valence-electron chi connectivity index (χ2n) is 11.3. The summed E-state index contributed by atoms with van der Waals surface area (Å²) in [7, 11) is -4.02. The van der Waals surface area contributed by atoms with E-state index in [4.69, 9.17) is 24.4 Å². The summed E-state index contributed by atoms with van der Waals surface area (Å²) in [4.78, 5) is 17.2. The van der Waals surface area contributed by atoms with Crippen molar-refractivity contribution in [3.05, 3.63) is 66.4 Å². The van der Waals surface area contributed by atoms with E-state index >= 15 is 0 Å². The van der Waals surface area contributed by atoms with Gasteiger partial charge in [0.2, 0.25) is 10.0 Å². The average Bonchev–Trinajstić information content (AvgIpc) is 3.72. The van der Waals surface area contributed by atoms with Gasteiger partial charge in [-0.2, -0.15) is 9.29 Å². The third-order valence-corrected chi connectivity index (χ3v) is 9.42. The zero-order chi connectivity index (χ0) is 30.6. The van der Waals surface area contributed by atoms with Crippen LogP contribution >= 0.6 is 0 Å². The van der Waals surface area contributed by atoms with E-state index in [-0.39, 0.29) is 55.2 Å². The van der Waals surface area contributed by atoms with E-state index in [1.54, 1.807) is 12.1 Å². The number of hydrogen-bond donors (Lipinski definition) is 3. The molecule has 5 rings (SSSR count). The van der Waals surface area contributed by atoms with Crippen molar-refractivity contribution in [3.8, 4) is 11.3 Å². The molecule has 2 aliphatic heterocycles. The highest BCUT2D eigenvalue weighted by molar-refractivity contribution is 7.89. The first-order valence-electron chi connectivity index (χ1n) is 14.3. The number of oxazole rings is 1. The number of amides is 1. The van der Waals surface area contributed by atoms with Gasteiger partial charge in [0.1, 0.15) is 18.1 Å². The number of hydrogen-bond acceptors (Lipinski definition) is 10. The molecule has 0 saturated carbocycles. The molecule has 0 aliphatic carbocycles. The van der Waals surface area contributed by atoms with Gasteiger partial charge in [-0.15, -0.1) is 0 Å². The third-order valence-electron chi connectivity index (χ3n) is 7.58. The third kappa shape index (κ3) is 7.54. The summed E-state index contributed by atoms with van der Waals surface area (Å²) >= 11 is 0. The molecule has 3 aromatic rings. The Morgan fingerprint density at radius 2 is 1.88 bits per heavy atom. The van der Waals surface area contributed by atoms with Crippen molar-refractivity contribution in [2.75, 3.05) is 32.0 Å². The van der Waals surface area contributed by atoms with Gasteiger partial charge < -0.3 is 34.8 Å². The molecular weight excluding hydrogens is 576 g/mol. The standard InChI is InChI=1S/C30H38N4O8S/c1-19(2)15-34(43(37,38)22-10-8-21(9-11-22)25-17-41-29(31)32-25)16-26(35)24(14-20-6-4-3-5-7-20)33-30(36)42-27-18-40-28-23(27)12-13-39-28/h3-11,17,19,23-24,26-28,35H,12-16,18H2,1-2H3,(H2,31,32)(H,33,36)/t23-,24-,26+,27-,28+/m0/s1. The van der Waals surface area contributed by atoms with E-state index < -0.39 is 34.4 Å². The predicted octanol–water partition coefficient (Wildman–Crippen LogP) is 3.03. The van der Waals surface area contributed by atoms with Crippen LogP contribution in [0.2, 0.25) is 0 Å². The number of carbonyl (C=O) groups is 1. The van der Waals surface area contributed by atoms with Crippen molar-refractivity contribution >= 4 is 22.1 Å². The van der Waals surface area contributed by atoms with E-state index in [2.05, 4.69) is 10.3 Å². The van der Waals surface area contributed by atoms with Crippen molar-refractivity contribution in [3.63, 3.8) is 0 Å². The zero-order valence-electron chi connectivity index (χ0n) is 24.2. The van der Waals surface area contributed by atoms with Gasteiger partial charge in [-0.05, 0) is 36.5 Å². The number of benzene rings is 2. The number of aliphatic hydroxyl groups is 1. The van der Waals surface area contributed by atoms with Gasteiger partial charge in [0.25, 0.3) is 6.01 Å². The molecule has 0 spiro atoms. The van der Waals surface area contributed by atoms with Crippen LogP contribution in [0.25, 0.3) is 11.3 Å². The summed E-state index contributed by atoms with van der Waals surface area (Å²) in [5.41, 5.74) is 7.55. The Balaban J connectivity index is 1.32. The Morgan fingerprint density at radius 3 is 2.56 bits per heavy atom. The van der Waals surface area contributed by atoms with E-state index in [1.807, 2.05) is 44.2 Å². The lowest BCUT2D eigenvalue weighted by molar-refractivity contribution is -0.0907. The maximum absolute atomic E-state index is 13.8. The summed E-state index contributed by atoms with van der Waals surface area (Å²) in [6, 6.07) is 14.7. The molecule has 2 saturated heterocycles. The molecule has 12 nitrogen and oxygen atoms in total. The molecule has 0 bridgehead atoms. The smallest absolute Gasteiger partial charge is 0.407 e. The number of nitrogens with zero attached hydrogens (tertiary/aromatic N) is 2. The van der Waals surface area contributed by atoms with Gasteiger partial charge in [0.15, 0.2) is 6.29 Å². The Kier molecular flexibility index (Phi) is 9.67. The van der Waals surface area contributed by atoms with Gasteiger partial charge in [-0.25, -0.2) is 13.2 Å². The Labute approximate surface area is 251 Å². The molecule has 3 heterocycles. The summed E-state index contributed by atoms with van der Waals surface area (Å²) in [6.07, 6.45) is -0.403. The number of carbonyl (C=O) groups excluding carboxylic acids is 1. The lowest BCUT2D eigenvalue weighted by Crippen LogP contribution is -2.51. The highest BCUT2D eigenvalue weighted by Gasteiger charge is 2.44. The molecule has 4 N–H and O–H groups in total. The predicted molar refractivity (Wildman–Crippen MR) is 157 cm³/mol. The highest BCUT2D eigenvalue weighted by Crippen LogP contribution is 2.33. The minimum Gasteiger partial charge on any atom is -0.443 e. The monoisotopic (exact) mass is 614 g/mol. The van der Waals surface area contributed by atoms with Crippen LogP contribution in [0.3, 0.4) is 0 Å².